The summed E-state index contributed by atoms with van der Waals surface area (Å²) in [4.78, 5) is 33.2. The molecule has 1 aliphatic rings. The topological polar surface area (TPSA) is 167 Å². The van der Waals surface area contributed by atoms with Gasteiger partial charge in [0, 0.05) is 23.2 Å². The number of carboxylic acids is 1. The van der Waals surface area contributed by atoms with Gasteiger partial charge in [0.25, 0.3) is 0 Å². The van der Waals surface area contributed by atoms with E-state index in [1.165, 1.54) is 10.9 Å². The Bertz CT molecular complexity index is 1510. The highest BCUT2D eigenvalue weighted by Crippen LogP contribution is 2.44. The fourth-order valence-electron chi connectivity index (χ4n) is 4.40. The van der Waals surface area contributed by atoms with E-state index in [2.05, 4.69) is 32.5 Å². The molecule has 4 heterocycles. The van der Waals surface area contributed by atoms with Crippen LogP contribution in [0.2, 0.25) is 5.02 Å². The minimum absolute atomic E-state index is 0.112. The van der Waals surface area contributed by atoms with Crippen molar-refractivity contribution in [3.63, 3.8) is 0 Å². The van der Waals surface area contributed by atoms with Crippen LogP contribution in [0.4, 0.5) is 11.6 Å². The number of halogens is 1. The molecule has 4 N–H and O–H groups in total. The maximum absolute atomic E-state index is 13.2. The van der Waals surface area contributed by atoms with Crippen LogP contribution >= 0.6 is 11.6 Å². The maximum Gasteiger partial charge on any atom is 0.305 e. The summed E-state index contributed by atoms with van der Waals surface area (Å²) in [5.41, 5.74) is 7.22. The third-order valence-corrected chi connectivity index (χ3v) is 6.61. The van der Waals surface area contributed by atoms with Gasteiger partial charge >= 0.3 is 5.97 Å². The molecule has 186 valence electrons. The molecular weight excluding hydrogens is 486 g/mol. The second-order valence-electron chi connectivity index (χ2n) is 8.83. The summed E-state index contributed by atoms with van der Waals surface area (Å²) in [6.07, 6.45) is 3.36. The van der Waals surface area contributed by atoms with Crippen LogP contribution < -0.4 is 11.1 Å². The number of nitrogens with one attached hydrogen (secondary N) is 1. The predicted octanol–water partition coefficient (Wildman–Crippen LogP) is 2.85. The van der Waals surface area contributed by atoms with Gasteiger partial charge in [0.1, 0.15) is 28.4 Å². The summed E-state index contributed by atoms with van der Waals surface area (Å²) >= 11 is 6.24. The third-order valence-electron chi connectivity index (χ3n) is 6.38. The Morgan fingerprint density at radius 2 is 2.08 bits per heavy atom. The zero-order valence-corrected chi connectivity index (χ0v) is 20.5. The van der Waals surface area contributed by atoms with Crippen LogP contribution in [0.25, 0.3) is 22.4 Å². The van der Waals surface area contributed by atoms with Crippen molar-refractivity contribution in [2.24, 2.45) is 0 Å². The van der Waals surface area contributed by atoms with Gasteiger partial charge in [-0.2, -0.15) is 5.10 Å². The number of aliphatic carboxylic acids is 1. The number of amides is 1. The number of carbonyl (C=O) groups excluding carboxylic acids is 1. The number of unbranched alkanes of at least 4 members (excludes halogenated alkanes) is 1. The van der Waals surface area contributed by atoms with Crippen molar-refractivity contribution in [1.82, 2.24) is 34.7 Å². The molecule has 1 aliphatic heterocycles. The van der Waals surface area contributed by atoms with Crippen LogP contribution in [0.15, 0.2) is 24.4 Å². The van der Waals surface area contributed by atoms with Crippen LogP contribution in [0, 0.1) is 0 Å². The molecule has 5 rings (SSSR count). The molecule has 1 amide bonds. The van der Waals surface area contributed by atoms with Crippen molar-refractivity contribution in [2.75, 3.05) is 11.1 Å². The number of carboxylic acid groups (broad SMARTS) is 1. The molecule has 4 aromatic rings. The van der Waals surface area contributed by atoms with E-state index < -0.39 is 11.4 Å². The number of hydrogen-bond donors (Lipinski definition) is 3. The zero-order valence-electron chi connectivity index (χ0n) is 19.7. The highest BCUT2D eigenvalue weighted by Gasteiger charge is 2.49. The first-order valence-electron chi connectivity index (χ1n) is 11.5. The van der Waals surface area contributed by atoms with E-state index in [1.807, 2.05) is 16.8 Å². The second kappa shape index (κ2) is 8.86. The molecule has 0 spiro atoms. The first-order chi connectivity index (χ1) is 17.2. The lowest BCUT2D eigenvalue weighted by Crippen LogP contribution is -2.33. The van der Waals surface area contributed by atoms with Crippen LogP contribution in [0.5, 0.6) is 0 Å². The van der Waals surface area contributed by atoms with E-state index in [1.54, 1.807) is 13.0 Å². The van der Waals surface area contributed by atoms with Crippen LogP contribution in [0.1, 0.15) is 44.4 Å². The normalized spacial score (nSPS) is 16.9. The Balaban J connectivity index is 1.58. The summed E-state index contributed by atoms with van der Waals surface area (Å²) in [5, 5.41) is 26.0. The predicted molar refractivity (Wildman–Crippen MR) is 132 cm³/mol. The van der Waals surface area contributed by atoms with Gasteiger partial charge < -0.3 is 16.2 Å². The standard InChI is InChI=1S/C23H24ClN9O3/c1-3-4-8-33-14-10-12(24)5-6-13(14)18(30-33)21-26-19(25)17-20(27-21)28-22(36)23(17,2)15-11-32(31-29-15)9-7-16(34)35/h5-6,10-11H,3-4,7-9H2,1-2H3,(H,34,35)(H3,25,26,27,28,36)/t23-/m1/s1. The number of carbonyl (C=O) groups is 2. The Hall–Kier alpha value is -4.06. The summed E-state index contributed by atoms with van der Waals surface area (Å²) in [6.45, 7) is 4.60. The molecule has 13 heteroatoms. The number of nitrogens with two attached hydrogens (primary N) is 1. The van der Waals surface area contributed by atoms with Crippen LogP contribution in [0.3, 0.4) is 0 Å². The molecule has 0 saturated carbocycles. The SMILES string of the molecule is CCCCn1nc(-c2nc(N)c3c(n2)NC(=O)[C@]3(C)c2cn(CCC(=O)O)nn2)c2ccc(Cl)cc21. The lowest BCUT2D eigenvalue weighted by atomic mass is 9.81. The molecular formula is C23H24ClN9O3. The summed E-state index contributed by atoms with van der Waals surface area (Å²) in [6, 6.07) is 5.50. The smallest absolute Gasteiger partial charge is 0.305 e. The van der Waals surface area contributed by atoms with Gasteiger partial charge in [0.2, 0.25) is 5.91 Å². The van der Waals surface area contributed by atoms with Crippen molar-refractivity contribution >= 4 is 46.0 Å². The van der Waals surface area contributed by atoms with Gasteiger partial charge in [-0.05, 0) is 31.5 Å². The van der Waals surface area contributed by atoms with E-state index in [4.69, 9.17) is 27.5 Å². The Labute approximate surface area is 210 Å². The van der Waals surface area contributed by atoms with Gasteiger partial charge in [0.05, 0.1) is 24.0 Å². The fourth-order valence-corrected chi connectivity index (χ4v) is 4.56. The van der Waals surface area contributed by atoms with Crippen molar-refractivity contribution in [3.05, 3.63) is 40.7 Å². The summed E-state index contributed by atoms with van der Waals surface area (Å²) in [7, 11) is 0. The monoisotopic (exact) mass is 509 g/mol. The molecule has 0 aliphatic carbocycles. The number of anilines is 2. The number of aryl methyl sites for hydroxylation is 2. The molecule has 0 fully saturated rings. The Morgan fingerprint density at radius 3 is 2.83 bits per heavy atom. The molecule has 0 bridgehead atoms. The molecule has 36 heavy (non-hydrogen) atoms. The molecule has 1 aromatic carbocycles. The van der Waals surface area contributed by atoms with E-state index in [0.29, 0.717) is 28.5 Å². The van der Waals surface area contributed by atoms with Crippen LogP contribution in [-0.2, 0) is 28.1 Å². The van der Waals surface area contributed by atoms with Crippen molar-refractivity contribution in [1.29, 1.82) is 0 Å². The largest absolute Gasteiger partial charge is 0.481 e. The molecule has 0 saturated heterocycles. The first kappa shape index (κ1) is 23.7. The van der Waals surface area contributed by atoms with Crippen molar-refractivity contribution in [3.8, 4) is 11.5 Å². The number of nitrogen functional groups attached to an aromatic ring is 1. The Morgan fingerprint density at radius 1 is 1.28 bits per heavy atom. The minimum atomic E-state index is -1.30. The number of nitrogens with zero attached hydrogens (tertiary/aromatic N) is 7. The van der Waals surface area contributed by atoms with E-state index in [9.17, 15) is 9.59 Å². The number of rotatable bonds is 8. The second-order valence-corrected chi connectivity index (χ2v) is 9.27. The molecule has 12 nitrogen and oxygen atoms in total. The first-order valence-corrected chi connectivity index (χ1v) is 11.9. The van der Waals surface area contributed by atoms with Crippen molar-refractivity contribution in [2.45, 2.75) is 51.6 Å². The molecule has 1 atom stereocenters. The number of benzene rings is 1. The van der Waals surface area contributed by atoms with Gasteiger partial charge in [-0.1, -0.05) is 30.2 Å². The number of hydrogen-bond acceptors (Lipinski definition) is 8. The van der Waals surface area contributed by atoms with E-state index in [-0.39, 0.29) is 36.3 Å². The fraction of sp³-hybridized carbons (Fsp3) is 0.348. The highest BCUT2D eigenvalue weighted by molar-refractivity contribution is 6.31. The van der Waals surface area contributed by atoms with Gasteiger partial charge in [-0.15, -0.1) is 5.10 Å². The summed E-state index contributed by atoms with van der Waals surface area (Å²) < 4.78 is 3.26. The highest BCUT2D eigenvalue weighted by atomic mass is 35.5. The van der Waals surface area contributed by atoms with Crippen LogP contribution in [-0.4, -0.2) is 51.7 Å². The maximum atomic E-state index is 13.2. The number of fused-ring (bicyclic) bond motifs is 2. The Kier molecular flexibility index (Phi) is 5.83. The quantitative estimate of drug-likeness (QED) is 0.323. The lowest BCUT2D eigenvalue weighted by Gasteiger charge is -2.19. The van der Waals surface area contributed by atoms with Crippen molar-refractivity contribution < 1.29 is 14.7 Å². The minimum Gasteiger partial charge on any atom is -0.481 e. The molecule has 0 radical (unpaired) electrons. The van der Waals surface area contributed by atoms with Gasteiger partial charge in [-0.25, -0.2) is 9.97 Å². The van der Waals surface area contributed by atoms with Gasteiger partial charge in [-0.3, -0.25) is 19.0 Å². The average molecular weight is 510 g/mol. The lowest BCUT2D eigenvalue weighted by molar-refractivity contribution is -0.137. The van der Waals surface area contributed by atoms with E-state index in [0.717, 1.165) is 23.7 Å². The average Bonchev–Trinajstić information content (AvgIpc) is 3.52. The summed E-state index contributed by atoms with van der Waals surface area (Å²) in [5.74, 6) is -0.676. The third kappa shape index (κ3) is 3.83. The van der Waals surface area contributed by atoms with Gasteiger partial charge in [0.15, 0.2) is 5.82 Å². The zero-order chi connectivity index (χ0) is 25.6. The molecule has 0 unspecified atom stereocenters. The molecule has 3 aromatic heterocycles. The number of aromatic nitrogens is 7. The van der Waals surface area contributed by atoms with E-state index >= 15 is 0 Å².